The molecule has 0 bridgehead atoms. The van der Waals surface area contributed by atoms with Gasteiger partial charge >= 0.3 is 0 Å². The van der Waals surface area contributed by atoms with Gasteiger partial charge in [0, 0.05) is 10.8 Å². The SMILES string of the molecule is Cc1cc2nc3c4ccccc4c(=O)n(-c4ccc(Cl)nc4)c3n2cc1O. The zero-order chi connectivity index (χ0) is 18.7. The van der Waals surface area contributed by atoms with Gasteiger partial charge in [0.1, 0.15) is 22.1 Å². The number of hydrogen-bond acceptors (Lipinski definition) is 4. The molecule has 4 aromatic heterocycles. The van der Waals surface area contributed by atoms with E-state index in [1.807, 2.05) is 25.1 Å². The summed E-state index contributed by atoms with van der Waals surface area (Å²) in [7, 11) is 0. The predicted molar refractivity (Wildman–Crippen MR) is 105 cm³/mol. The lowest BCUT2D eigenvalue weighted by Gasteiger charge is -2.11. The van der Waals surface area contributed by atoms with E-state index in [0.717, 1.165) is 5.39 Å². The number of imidazole rings is 1. The second-order valence-electron chi connectivity index (χ2n) is 6.38. The summed E-state index contributed by atoms with van der Waals surface area (Å²) >= 11 is 5.92. The van der Waals surface area contributed by atoms with Crippen LogP contribution >= 0.6 is 11.6 Å². The van der Waals surface area contributed by atoms with Crippen LogP contribution in [0.1, 0.15) is 5.56 Å². The van der Waals surface area contributed by atoms with Gasteiger partial charge in [0.2, 0.25) is 0 Å². The maximum Gasteiger partial charge on any atom is 0.264 e. The first-order valence-electron chi connectivity index (χ1n) is 8.31. The minimum absolute atomic E-state index is 0.128. The smallest absolute Gasteiger partial charge is 0.264 e. The summed E-state index contributed by atoms with van der Waals surface area (Å²) in [6.07, 6.45) is 3.12. The molecule has 0 spiro atoms. The van der Waals surface area contributed by atoms with Crippen LogP contribution in [0.5, 0.6) is 5.75 Å². The molecule has 0 amide bonds. The van der Waals surface area contributed by atoms with Gasteiger partial charge in [-0.05, 0) is 36.8 Å². The van der Waals surface area contributed by atoms with E-state index in [-0.39, 0.29) is 11.3 Å². The number of fused-ring (bicyclic) bond motifs is 5. The zero-order valence-corrected chi connectivity index (χ0v) is 15.0. The number of aryl methyl sites for hydroxylation is 1. The monoisotopic (exact) mass is 376 g/mol. The molecule has 132 valence electrons. The normalized spacial score (nSPS) is 11.6. The summed E-state index contributed by atoms with van der Waals surface area (Å²) in [5, 5.41) is 11.9. The number of pyridine rings is 3. The molecule has 0 aliphatic carbocycles. The largest absolute Gasteiger partial charge is 0.506 e. The summed E-state index contributed by atoms with van der Waals surface area (Å²) in [6, 6.07) is 12.5. The Balaban J connectivity index is 2.08. The van der Waals surface area contributed by atoms with Crippen LogP contribution in [0, 0.1) is 6.92 Å². The van der Waals surface area contributed by atoms with Crippen molar-refractivity contribution in [3.8, 4) is 11.4 Å². The van der Waals surface area contributed by atoms with Crippen LogP contribution in [0.2, 0.25) is 5.15 Å². The van der Waals surface area contributed by atoms with Gasteiger partial charge in [-0.25, -0.2) is 9.97 Å². The summed E-state index contributed by atoms with van der Waals surface area (Å²) in [4.78, 5) is 22.2. The Bertz CT molecular complexity index is 1420. The number of aromatic nitrogens is 4. The molecule has 0 saturated carbocycles. The van der Waals surface area contributed by atoms with Crippen LogP contribution in [0.3, 0.4) is 0 Å². The number of nitrogens with zero attached hydrogens (tertiary/aromatic N) is 4. The van der Waals surface area contributed by atoms with E-state index >= 15 is 0 Å². The van der Waals surface area contributed by atoms with Crippen molar-refractivity contribution in [2.75, 3.05) is 0 Å². The van der Waals surface area contributed by atoms with Crippen molar-refractivity contribution >= 4 is 39.2 Å². The van der Waals surface area contributed by atoms with Gasteiger partial charge < -0.3 is 5.11 Å². The molecule has 0 aliphatic rings. The number of benzene rings is 1. The average Bonchev–Trinajstić information content (AvgIpc) is 3.02. The van der Waals surface area contributed by atoms with Crippen molar-refractivity contribution in [3.05, 3.63) is 75.9 Å². The number of aromatic hydroxyl groups is 1. The van der Waals surface area contributed by atoms with Crippen LogP contribution in [-0.2, 0) is 0 Å². The third-order valence-electron chi connectivity index (χ3n) is 4.71. The molecule has 1 N–H and O–H groups in total. The fourth-order valence-corrected chi connectivity index (χ4v) is 3.50. The molecule has 6 nitrogen and oxygen atoms in total. The third-order valence-corrected chi connectivity index (χ3v) is 4.94. The van der Waals surface area contributed by atoms with E-state index in [1.165, 1.54) is 0 Å². The summed E-state index contributed by atoms with van der Waals surface area (Å²) in [5.74, 6) is 0.128. The van der Waals surface area contributed by atoms with Crippen LogP contribution in [0.25, 0.3) is 33.3 Å². The second kappa shape index (κ2) is 5.56. The average molecular weight is 377 g/mol. The van der Waals surface area contributed by atoms with Crippen LogP contribution in [0.15, 0.2) is 59.7 Å². The van der Waals surface area contributed by atoms with Gasteiger partial charge in [0.25, 0.3) is 5.56 Å². The quantitative estimate of drug-likeness (QED) is 0.451. The molecular weight excluding hydrogens is 364 g/mol. The van der Waals surface area contributed by atoms with E-state index in [4.69, 9.17) is 16.6 Å². The Morgan fingerprint density at radius 1 is 1.11 bits per heavy atom. The van der Waals surface area contributed by atoms with Gasteiger partial charge in [-0.3, -0.25) is 13.8 Å². The molecule has 7 heteroatoms. The van der Waals surface area contributed by atoms with E-state index in [1.54, 1.807) is 45.6 Å². The molecule has 0 saturated heterocycles. The summed E-state index contributed by atoms with van der Waals surface area (Å²) in [5.41, 5.74) is 2.97. The van der Waals surface area contributed by atoms with Gasteiger partial charge in [0.15, 0.2) is 5.65 Å². The standard InChI is InChI=1S/C20H13ClN4O2/c1-11-8-17-23-18-13-4-2-3-5-14(13)20(27)25(12-6-7-16(21)22-9-12)19(18)24(17)10-15(11)26/h2-10,26H,1H3. The van der Waals surface area contributed by atoms with Gasteiger partial charge in [-0.2, -0.15) is 0 Å². The molecular formula is C20H13ClN4O2. The molecule has 0 radical (unpaired) electrons. The molecule has 0 unspecified atom stereocenters. The number of halogens is 1. The second-order valence-corrected chi connectivity index (χ2v) is 6.77. The lowest BCUT2D eigenvalue weighted by atomic mass is 10.1. The van der Waals surface area contributed by atoms with Crippen molar-refractivity contribution in [2.45, 2.75) is 6.92 Å². The summed E-state index contributed by atoms with van der Waals surface area (Å²) < 4.78 is 3.27. The molecule has 27 heavy (non-hydrogen) atoms. The topological polar surface area (TPSA) is 72.4 Å². The lowest BCUT2D eigenvalue weighted by molar-refractivity contribution is 0.468. The first kappa shape index (κ1) is 15.8. The number of rotatable bonds is 1. The summed E-state index contributed by atoms with van der Waals surface area (Å²) in [6.45, 7) is 1.81. The Morgan fingerprint density at radius 3 is 2.63 bits per heavy atom. The Kier molecular flexibility index (Phi) is 3.26. The highest BCUT2D eigenvalue weighted by molar-refractivity contribution is 6.29. The fourth-order valence-electron chi connectivity index (χ4n) is 3.39. The van der Waals surface area contributed by atoms with Gasteiger partial charge in [-0.1, -0.05) is 29.8 Å². The maximum atomic E-state index is 13.3. The van der Waals surface area contributed by atoms with Crippen LogP contribution < -0.4 is 5.56 Å². The highest BCUT2D eigenvalue weighted by atomic mass is 35.5. The number of hydrogen-bond donors (Lipinski definition) is 1. The molecule has 0 atom stereocenters. The Hall–Kier alpha value is -3.38. The van der Waals surface area contributed by atoms with E-state index in [9.17, 15) is 9.90 Å². The first-order chi connectivity index (χ1) is 13.0. The lowest BCUT2D eigenvalue weighted by Crippen LogP contribution is -2.20. The minimum Gasteiger partial charge on any atom is -0.506 e. The van der Waals surface area contributed by atoms with Crippen LogP contribution in [0.4, 0.5) is 0 Å². The Labute approximate surface area is 157 Å². The zero-order valence-electron chi connectivity index (χ0n) is 14.2. The molecule has 5 rings (SSSR count). The predicted octanol–water partition coefficient (Wildman–Crippen LogP) is 3.85. The molecule has 1 aromatic carbocycles. The van der Waals surface area contributed by atoms with E-state index in [2.05, 4.69) is 4.98 Å². The Morgan fingerprint density at radius 2 is 1.89 bits per heavy atom. The van der Waals surface area contributed by atoms with E-state index in [0.29, 0.717) is 38.6 Å². The van der Waals surface area contributed by atoms with Crippen molar-refractivity contribution < 1.29 is 5.11 Å². The van der Waals surface area contributed by atoms with Crippen molar-refractivity contribution in [1.82, 2.24) is 18.9 Å². The molecule has 0 fully saturated rings. The van der Waals surface area contributed by atoms with Gasteiger partial charge in [0.05, 0.1) is 18.1 Å². The minimum atomic E-state index is -0.191. The van der Waals surface area contributed by atoms with Gasteiger partial charge in [-0.15, -0.1) is 0 Å². The van der Waals surface area contributed by atoms with Crippen LogP contribution in [-0.4, -0.2) is 24.0 Å². The molecule has 0 aliphatic heterocycles. The maximum absolute atomic E-state index is 13.3. The van der Waals surface area contributed by atoms with Crippen molar-refractivity contribution in [1.29, 1.82) is 0 Å². The van der Waals surface area contributed by atoms with Crippen molar-refractivity contribution in [3.63, 3.8) is 0 Å². The fraction of sp³-hybridized carbons (Fsp3) is 0.0500. The van der Waals surface area contributed by atoms with E-state index < -0.39 is 0 Å². The third kappa shape index (κ3) is 2.23. The first-order valence-corrected chi connectivity index (χ1v) is 8.69. The molecule has 4 heterocycles. The van der Waals surface area contributed by atoms with Crippen molar-refractivity contribution in [2.24, 2.45) is 0 Å². The highest BCUT2D eigenvalue weighted by Crippen LogP contribution is 2.28. The molecule has 5 aromatic rings. The highest BCUT2D eigenvalue weighted by Gasteiger charge is 2.18.